The maximum atomic E-state index is 12.7. The van der Waals surface area contributed by atoms with Gasteiger partial charge in [0.15, 0.2) is 0 Å². The predicted molar refractivity (Wildman–Crippen MR) is 121 cm³/mol. The molecule has 1 heterocycles. The maximum absolute atomic E-state index is 12.7. The summed E-state index contributed by atoms with van der Waals surface area (Å²) in [5.41, 5.74) is 12.4. The fourth-order valence-corrected chi connectivity index (χ4v) is 3.01. The molecule has 0 saturated heterocycles. The zero-order valence-electron chi connectivity index (χ0n) is 18.1. The average molecular weight is 435 g/mol. The topological polar surface area (TPSA) is 145 Å². The van der Waals surface area contributed by atoms with Crippen LogP contribution in [0.5, 0.6) is 0 Å². The number of nitrogen functional groups attached to an aromatic ring is 1. The van der Waals surface area contributed by atoms with Gasteiger partial charge in [0.25, 0.3) is 11.8 Å². The van der Waals surface area contributed by atoms with Crippen LogP contribution in [-0.4, -0.2) is 33.0 Å². The van der Waals surface area contributed by atoms with Gasteiger partial charge >= 0.3 is 0 Å². The summed E-state index contributed by atoms with van der Waals surface area (Å²) in [6.45, 7) is 4.89. The number of nitrogens with two attached hydrogens (primary N) is 2. The molecular formula is C23H26N6O3. The molecule has 9 heteroatoms. The molecule has 0 bridgehead atoms. The molecule has 0 radical (unpaired) electrons. The Bertz CT molecular complexity index is 1140. The van der Waals surface area contributed by atoms with E-state index >= 15 is 0 Å². The Morgan fingerprint density at radius 1 is 1.00 bits per heavy atom. The molecule has 0 aliphatic rings. The second kappa shape index (κ2) is 8.93. The molecule has 1 aromatic heterocycles. The third kappa shape index (κ3) is 4.77. The first-order valence-electron chi connectivity index (χ1n) is 10.0. The van der Waals surface area contributed by atoms with Crippen LogP contribution in [0, 0.1) is 0 Å². The second-order valence-corrected chi connectivity index (χ2v) is 7.95. The van der Waals surface area contributed by atoms with Crippen molar-refractivity contribution in [2.75, 3.05) is 5.73 Å². The van der Waals surface area contributed by atoms with E-state index in [9.17, 15) is 14.4 Å². The number of para-hydroxylation sites is 1. The molecule has 9 nitrogen and oxygen atoms in total. The van der Waals surface area contributed by atoms with Crippen LogP contribution in [0.3, 0.4) is 0 Å². The number of aromatic nitrogens is 2. The summed E-state index contributed by atoms with van der Waals surface area (Å²) < 4.78 is 1.50. The van der Waals surface area contributed by atoms with Crippen LogP contribution in [0.1, 0.15) is 53.1 Å². The van der Waals surface area contributed by atoms with E-state index in [1.165, 1.54) is 24.7 Å². The van der Waals surface area contributed by atoms with E-state index < -0.39 is 17.4 Å². The molecule has 2 aromatic carbocycles. The third-order valence-electron chi connectivity index (χ3n) is 5.11. The quantitative estimate of drug-likeness (QED) is 0.449. The first-order valence-corrected chi connectivity index (χ1v) is 10.0. The van der Waals surface area contributed by atoms with E-state index in [4.69, 9.17) is 11.5 Å². The number of benzene rings is 2. The molecule has 32 heavy (non-hydrogen) atoms. The van der Waals surface area contributed by atoms with Crippen molar-refractivity contribution in [2.45, 2.75) is 32.4 Å². The van der Waals surface area contributed by atoms with Crippen molar-refractivity contribution in [3.8, 4) is 5.69 Å². The average Bonchev–Trinajstić information content (AvgIpc) is 3.15. The van der Waals surface area contributed by atoms with Crippen LogP contribution < -0.4 is 22.1 Å². The minimum absolute atomic E-state index is 0.241. The van der Waals surface area contributed by atoms with E-state index in [0.717, 1.165) is 11.3 Å². The van der Waals surface area contributed by atoms with Crippen LogP contribution in [0.25, 0.3) is 5.69 Å². The number of carbonyl (C=O) groups is 3. The number of anilines is 1. The van der Waals surface area contributed by atoms with Crippen molar-refractivity contribution in [3.05, 3.63) is 77.5 Å². The predicted octanol–water partition coefficient (Wildman–Crippen LogP) is 1.94. The van der Waals surface area contributed by atoms with Gasteiger partial charge in [-0.1, -0.05) is 30.3 Å². The van der Waals surface area contributed by atoms with Crippen molar-refractivity contribution < 1.29 is 14.4 Å². The Morgan fingerprint density at radius 2 is 1.62 bits per heavy atom. The number of hydrogen-bond donors (Lipinski definition) is 4. The summed E-state index contributed by atoms with van der Waals surface area (Å²) in [4.78, 5) is 36.5. The van der Waals surface area contributed by atoms with Gasteiger partial charge in [-0.25, -0.2) is 4.68 Å². The smallest absolute Gasteiger partial charge is 0.257 e. The summed E-state index contributed by atoms with van der Waals surface area (Å²) in [5.74, 6) is -1.17. The van der Waals surface area contributed by atoms with Gasteiger partial charge in [-0.3, -0.25) is 14.4 Å². The molecule has 1 unspecified atom stereocenters. The first kappa shape index (κ1) is 22.5. The molecular weight excluding hydrogens is 408 g/mol. The van der Waals surface area contributed by atoms with Crippen molar-refractivity contribution in [2.24, 2.45) is 5.73 Å². The van der Waals surface area contributed by atoms with Crippen LogP contribution in [0.4, 0.5) is 5.82 Å². The fraction of sp³-hybridized carbons (Fsp3) is 0.217. The van der Waals surface area contributed by atoms with Gasteiger partial charge in [-0.05, 0) is 50.6 Å². The van der Waals surface area contributed by atoms with Gasteiger partial charge in [0.05, 0.1) is 17.9 Å². The lowest BCUT2D eigenvalue weighted by Crippen LogP contribution is -2.53. The fourth-order valence-electron chi connectivity index (χ4n) is 3.01. The molecule has 3 rings (SSSR count). The molecule has 0 saturated carbocycles. The third-order valence-corrected chi connectivity index (χ3v) is 5.11. The standard InChI is InChI=1S/C23H26N6O3/c1-14(15-9-11-16(12-10-15)20(30)28-23(2,3)22(25)32)27-21(31)18-13-26-29(19(18)24)17-7-5-4-6-8-17/h4-14H,24H2,1-3H3,(H2,25,32)(H,27,31)(H,28,30). The normalized spacial score (nSPS) is 12.1. The highest BCUT2D eigenvalue weighted by molar-refractivity contribution is 5.99. The Kier molecular flexibility index (Phi) is 6.29. The minimum Gasteiger partial charge on any atom is -0.383 e. The minimum atomic E-state index is -1.17. The molecule has 6 N–H and O–H groups in total. The highest BCUT2D eigenvalue weighted by Gasteiger charge is 2.27. The highest BCUT2D eigenvalue weighted by atomic mass is 16.2. The second-order valence-electron chi connectivity index (χ2n) is 7.95. The van der Waals surface area contributed by atoms with E-state index in [-0.39, 0.29) is 23.3 Å². The van der Waals surface area contributed by atoms with Gasteiger partial charge in [-0.15, -0.1) is 0 Å². The Morgan fingerprint density at radius 3 is 2.22 bits per heavy atom. The van der Waals surface area contributed by atoms with Crippen LogP contribution in [0.15, 0.2) is 60.8 Å². The number of hydrogen-bond acceptors (Lipinski definition) is 5. The highest BCUT2D eigenvalue weighted by Crippen LogP contribution is 2.19. The lowest BCUT2D eigenvalue weighted by molar-refractivity contribution is -0.122. The molecule has 3 aromatic rings. The van der Waals surface area contributed by atoms with Gasteiger partial charge in [0.1, 0.15) is 16.9 Å². The summed E-state index contributed by atoms with van der Waals surface area (Å²) in [5, 5.41) is 9.69. The van der Waals surface area contributed by atoms with Crippen molar-refractivity contribution in [3.63, 3.8) is 0 Å². The monoisotopic (exact) mass is 434 g/mol. The summed E-state index contributed by atoms with van der Waals surface area (Å²) in [7, 11) is 0. The van der Waals surface area contributed by atoms with E-state index in [0.29, 0.717) is 5.56 Å². The molecule has 0 fully saturated rings. The number of primary amides is 1. The number of amides is 3. The van der Waals surface area contributed by atoms with E-state index in [1.807, 2.05) is 37.3 Å². The summed E-state index contributed by atoms with van der Waals surface area (Å²) in [6, 6.07) is 15.6. The van der Waals surface area contributed by atoms with Crippen LogP contribution in [-0.2, 0) is 4.79 Å². The maximum Gasteiger partial charge on any atom is 0.257 e. The van der Waals surface area contributed by atoms with Crippen LogP contribution in [0.2, 0.25) is 0 Å². The number of rotatable bonds is 7. The molecule has 0 aliphatic heterocycles. The van der Waals surface area contributed by atoms with Crippen molar-refractivity contribution in [1.29, 1.82) is 0 Å². The lowest BCUT2D eigenvalue weighted by atomic mass is 10.0. The van der Waals surface area contributed by atoms with E-state index in [2.05, 4.69) is 15.7 Å². The molecule has 0 spiro atoms. The van der Waals surface area contributed by atoms with Gasteiger partial charge in [0.2, 0.25) is 5.91 Å². The number of nitrogens with one attached hydrogen (secondary N) is 2. The zero-order chi connectivity index (χ0) is 23.5. The molecule has 0 aliphatic carbocycles. The summed E-state index contributed by atoms with van der Waals surface area (Å²) >= 11 is 0. The molecule has 166 valence electrons. The van der Waals surface area contributed by atoms with Gasteiger partial charge in [-0.2, -0.15) is 5.10 Å². The SMILES string of the molecule is CC(NC(=O)c1cnn(-c2ccccc2)c1N)c1ccc(C(=O)NC(C)(C)C(N)=O)cc1. The van der Waals surface area contributed by atoms with Crippen molar-refractivity contribution >= 4 is 23.5 Å². The Labute approximate surface area is 185 Å². The Balaban J connectivity index is 1.68. The van der Waals surface area contributed by atoms with Gasteiger partial charge in [0, 0.05) is 5.56 Å². The Hall–Kier alpha value is -4.14. The lowest BCUT2D eigenvalue weighted by Gasteiger charge is -2.22. The first-order chi connectivity index (χ1) is 15.1. The van der Waals surface area contributed by atoms with Crippen molar-refractivity contribution in [1.82, 2.24) is 20.4 Å². The van der Waals surface area contributed by atoms with Gasteiger partial charge < -0.3 is 22.1 Å². The van der Waals surface area contributed by atoms with Crippen LogP contribution >= 0.6 is 0 Å². The van der Waals surface area contributed by atoms with E-state index in [1.54, 1.807) is 24.3 Å². The molecule has 1 atom stereocenters. The summed E-state index contributed by atoms with van der Waals surface area (Å²) in [6.07, 6.45) is 1.43. The zero-order valence-corrected chi connectivity index (χ0v) is 18.1. The number of carbonyl (C=O) groups excluding carboxylic acids is 3. The molecule has 3 amide bonds. The number of nitrogens with zero attached hydrogens (tertiary/aromatic N) is 2. The largest absolute Gasteiger partial charge is 0.383 e.